The predicted octanol–water partition coefficient (Wildman–Crippen LogP) is 2.23. The highest BCUT2D eigenvalue weighted by atomic mass is 35.5. The Hall–Kier alpha value is -5.18. The molecule has 1 unspecified atom stereocenters. The number of ether oxygens (including phenoxy) is 1. The first-order chi connectivity index (χ1) is 26.4. The molecule has 4 fully saturated rings. The number of hydrogen-bond donors (Lipinski definition) is 4. The maximum Gasteiger partial charge on any atom is 0.328 e. The molecule has 55 heavy (non-hydrogen) atoms. The third-order valence-corrected chi connectivity index (χ3v) is 11.0. The van der Waals surface area contributed by atoms with Crippen molar-refractivity contribution < 1.29 is 38.3 Å². The van der Waals surface area contributed by atoms with Crippen LogP contribution in [0.1, 0.15) is 57.9 Å². The zero-order chi connectivity index (χ0) is 39.2. The van der Waals surface area contributed by atoms with Gasteiger partial charge in [-0.3, -0.25) is 24.0 Å². The number of benzene rings is 2. The number of esters is 1. The molecule has 294 valence electrons. The molecule has 2 aromatic rings. The molecule has 4 saturated heterocycles. The van der Waals surface area contributed by atoms with Gasteiger partial charge in [-0.15, -0.1) is 0 Å². The second-order valence-corrected chi connectivity index (χ2v) is 15.3. The fourth-order valence-electron chi connectivity index (χ4n) is 7.91. The number of urea groups is 1. The number of rotatable bonds is 6. The molecular weight excluding hydrogens is 730 g/mol. The van der Waals surface area contributed by atoms with E-state index in [1.165, 1.54) is 14.7 Å². The standard InChI is InChI=1S/C39H48ClN7O8/c1-23-19-32-38(53)55-22-29(43-33(48)28(20-25-9-4-3-5-10-25)44-39(54)42-27-15-13-26(40)14-16-27)36(51)46-18-8-12-31(46)37(52)45-17-7-6-11-30(45)34(49)41-24(2)35(50)47(32)21-23/h3-5,9-10,13-16,23-24,28-32H,6-8,11-12,17-22H2,1-2H3,(H,41,49)(H,43,48)(H2,42,44,54)/t23-,24+,28+,29?,30+,31+,32+/m1/s1. The van der Waals surface area contributed by atoms with Gasteiger partial charge in [0, 0.05) is 36.8 Å². The Morgan fingerprint density at radius 3 is 2.27 bits per heavy atom. The van der Waals surface area contributed by atoms with Gasteiger partial charge in [0.25, 0.3) is 0 Å². The molecule has 0 spiro atoms. The number of halogens is 1. The van der Waals surface area contributed by atoms with Crippen LogP contribution in [-0.4, -0.2) is 119 Å². The van der Waals surface area contributed by atoms with Crippen LogP contribution < -0.4 is 21.3 Å². The first-order valence-electron chi connectivity index (χ1n) is 19.0. The molecule has 4 aliphatic heterocycles. The highest BCUT2D eigenvalue weighted by Crippen LogP contribution is 2.28. The lowest BCUT2D eigenvalue weighted by molar-refractivity contribution is -0.158. The van der Waals surface area contributed by atoms with Gasteiger partial charge in [-0.25, -0.2) is 9.59 Å². The summed E-state index contributed by atoms with van der Waals surface area (Å²) in [5, 5.41) is 11.4. The fraction of sp³-hybridized carbons (Fsp3) is 0.513. The van der Waals surface area contributed by atoms with Crippen molar-refractivity contribution in [2.24, 2.45) is 5.92 Å². The van der Waals surface area contributed by atoms with E-state index >= 15 is 0 Å². The summed E-state index contributed by atoms with van der Waals surface area (Å²) in [5.74, 6) is -3.51. The van der Waals surface area contributed by atoms with E-state index < -0.39 is 84.4 Å². The Kier molecular flexibility index (Phi) is 12.6. The van der Waals surface area contributed by atoms with E-state index in [1.54, 1.807) is 55.5 Å². The van der Waals surface area contributed by atoms with Crippen LogP contribution in [0.3, 0.4) is 0 Å². The summed E-state index contributed by atoms with van der Waals surface area (Å²) in [5.41, 5.74) is 1.16. The molecule has 15 nitrogen and oxygen atoms in total. The van der Waals surface area contributed by atoms with Crippen molar-refractivity contribution >= 4 is 58.8 Å². The molecule has 0 radical (unpaired) electrons. The topological polar surface area (TPSA) is 187 Å². The Bertz CT molecular complexity index is 1780. The summed E-state index contributed by atoms with van der Waals surface area (Å²) in [7, 11) is 0. The maximum absolute atomic E-state index is 14.5. The van der Waals surface area contributed by atoms with Crippen molar-refractivity contribution in [2.75, 3.05) is 31.6 Å². The van der Waals surface area contributed by atoms with E-state index in [0.29, 0.717) is 55.8 Å². The van der Waals surface area contributed by atoms with Crippen LogP contribution in [0, 0.1) is 5.92 Å². The molecule has 2 aromatic carbocycles. The Morgan fingerprint density at radius 2 is 1.53 bits per heavy atom. The molecule has 0 saturated carbocycles. The average molecular weight is 778 g/mol. The van der Waals surface area contributed by atoms with Crippen LogP contribution >= 0.6 is 11.6 Å². The summed E-state index contributed by atoms with van der Waals surface area (Å²) in [6, 6.07) is 8.40. The molecule has 7 atom stereocenters. The molecule has 4 aliphatic rings. The van der Waals surface area contributed by atoms with E-state index in [1.807, 2.05) is 13.0 Å². The van der Waals surface area contributed by atoms with Gasteiger partial charge in [0.15, 0.2) is 0 Å². The number of carbonyl (C=O) groups excluding carboxylic acids is 7. The first kappa shape index (κ1) is 39.5. The number of piperidine rings is 1. The SMILES string of the molecule is C[C@@H]1C[C@H]2C(=O)OCC(NC(=O)[C@H](Cc3ccccc3)NC(=O)Nc3ccc(Cl)cc3)C(=O)N3CCC[C@H]3C(=O)N3CCCC[C@H]3C(=O)N[C@@H](C)C(=O)N2C1. The number of anilines is 1. The Balaban J connectivity index is 1.29. The fourth-order valence-corrected chi connectivity index (χ4v) is 8.03. The summed E-state index contributed by atoms with van der Waals surface area (Å²) < 4.78 is 5.73. The van der Waals surface area contributed by atoms with Gasteiger partial charge >= 0.3 is 12.0 Å². The van der Waals surface area contributed by atoms with Crippen molar-refractivity contribution in [3.8, 4) is 0 Å². The zero-order valence-electron chi connectivity index (χ0n) is 31.0. The lowest BCUT2D eigenvalue weighted by Crippen LogP contribution is -2.62. The molecule has 0 aromatic heterocycles. The smallest absolute Gasteiger partial charge is 0.328 e. The largest absolute Gasteiger partial charge is 0.461 e. The highest BCUT2D eigenvalue weighted by molar-refractivity contribution is 6.30. The molecule has 0 aliphatic carbocycles. The zero-order valence-corrected chi connectivity index (χ0v) is 31.8. The van der Waals surface area contributed by atoms with Crippen molar-refractivity contribution in [1.82, 2.24) is 30.7 Å². The minimum absolute atomic E-state index is 0.0516. The van der Waals surface area contributed by atoms with Crippen LogP contribution in [0.2, 0.25) is 5.02 Å². The van der Waals surface area contributed by atoms with Gasteiger partial charge in [-0.1, -0.05) is 48.9 Å². The lowest BCUT2D eigenvalue weighted by atomic mass is 9.99. The highest BCUT2D eigenvalue weighted by Gasteiger charge is 2.46. The normalized spacial score (nSPS) is 27.0. The van der Waals surface area contributed by atoms with E-state index in [9.17, 15) is 33.6 Å². The summed E-state index contributed by atoms with van der Waals surface area (Å²) in [6.07, 6.45) is 2.97. The van der Waals surface area contributed by atoms with Crippen LogP contribution in [0.15, 0.2) is 54.6 Å². The average Bonchev–Trinajstić information content (AvgIpc) is 3.83. The quantitative estimate of drug-likeness (QED) is 0.322. The summed E-state index contributed by atoms with van der Waals surface area (Å²) in [4.78, 5) is 101. The molecule has 4 heterocycles. The van der Waals surface area contributed by atoms with Gasteiger partial charge in [0.1, 0.15) is 42.9 Å². The molecule has 6 rings (SSSR count). The minimum Gasteiger partial charge on any atom is -0.461 e. The van der Waals surface area contributed by atoms with Gasteiger partial charge in [-0.2, -0.15) is 0 Å². The number of carbonyl (C=O) groups is 7. The number of hydrogen-bond acceptors (Lipinski definition) is 8. The molecule has 7 amide bonds. The molecule has 0 bridgehead atoms. The predicted molar refractivity (Wildman–Crippen MR) is 201 cm³/mol. The van der Waals surface area contributed by atoms with Crippen molar-refractivity contribution in [3.63, 3.8) is 0 Å². The second kappa shape index (κ2) is 17.5. The van der Waals surface area contributed by atoms with Gasteiger partial charge in [0.05, 0.1) is 0 Å². The van der Waals surface area contributed by atoms with Crippen LogP contribution in [0.4, 0.5) is 10.5 Å². The number of nitrogens with one attached hydrogen (secondary N) is 4. The van der Waals surface area contributed by atoms with Gasteiger partial charge in [0.2, 0.25) is 29.5 Å². The van der Waals surface area contributed by atoms with E-state index in [4.69, 9.17) is 16.3 Å². The number of fused-ring (bicyclic) bond motifs is 3. The second-order valence-electron chi connectivity index (χ2n) is 14.8. The van der Waals surface area contributed by atoms with Crippen molar-refractivity contribution in [2.45, 2.75) is 95.0 Å². The molecule has 4 N–H and O–H groups in total. The van der Waals surface area contributed by atoms with Gasteiger partial charge < -0.3 is 40.7 Å². The van der Waals surface area contributed by atoms with Crippen LogP contribution in [-0.2, 0) is 39.9 Å². The monoisotopic (exact) mass is 777 g/mol. The lowest BCUT2D eigenvalue weighted by Gasteiger charge is -2.39. The van der Waals surface area contributed by atoms with Crippen molar-refractivity contribution in [3.05, 3.63) is 65.2 Å². The van der Waals surface area contributed by atoms with E-state index in [2.05, 4.69) is 21.3 Å². The Morgan fingerprint density at radius 1 is 0.836 bits per heavy atom. The van der Waals surface area contributed by atoms with E-state index in [-0.39, 0.29) is 25.4 Å². The number of nitrogens with zero attached hydrogens (tertiary/aromatic N) is 3. The van der Waals surface area contributed by atoms with Crippen molar-refractivity contribution in [1.29, 1.82) is 0 Å². The summed E-state index contributed by atoms with van der Waals surface area (Å²) >= 11 is 5.99. The minimum atomic E-state index is -1.44. The summed E-state index contributed by atoms with van der Waals surface area (Å²) in [6.45, 7) is 3.64. The maximum atomic E-state index is 14.5. The van der Waals surface area contributed by atoms with Crippen LogP contribution in [0.25, 0.3) is 0 Å². The Labute approximate surface area is 324 Å². The number of cyclic esters (lactones) is 1. The molecular formula is C39H48ClN7O8. The third-order valence-electron chi connectivity index (χ3n) is 10.7. The van der Waals surface area contributed by atoms with Gasteiger partial charge in [-0.05, 0) is 81.2 Å². The molecule has 16 heteroatoms. The van der Waals surface area contributed by atoms with E-state index in [0.717, 1.165) is 5.56 Å². The third kappa shape index (κ3) is 9.38. The first-order valence-corrected chi connectivity index (χ1v) is 19.3. The number of amides is 7. The van der Waals surface area contributed by atoms with Crippen LogP contribution in [0.5, 0.6) is 0 Å².